The van der Waals surface area contributed by atoms with Crippen molar-refractivity contribution in [2.24, 2.45) is 5.73 Å². The molecule has 0 bridgehead atoms. The first-order valence-corrected chi connectivity index (χ1v) is 6.91. The Bertz CT molecular complexity index is 522. The molecule has 1 heterocycles. The van der Waals surface area contributed by atoms with Crippen molar-refractivity contribution in [3.05, 3.63) is 55.7 Å². The zero-order chi connectivity index (χ0) is 12.4. The van der Waals surface area contributed by atoms with E-state index in [4.69, 9.17) is 28.9 Å². The van der Waals surface area contributed by atoms with Gasteiger partial charge in [0.15, 0.2) is 0 Å². The minimum Gasteiger partial charge on any atom is -0.329 e. The van der Waals surface area contributed by atoms with Gasteiger partial charge in [-0.2, -0.15) is 0 Å². The summed E-state index contributed by atoms with van der Waals surface area (Å²) in [6.07, 6.45) is 0. The number of hydrogen-bond donors (Lipinski definition) is 1. The van der Waals surface area contributed by atoms with Crippen molar-refractivity contribution in [2.45, 2.75) is 12.8 Å². The summed E-state index contributed by atoms with van der Waals surface area (Å²) in [7, 11) is 0. The minimum atomic E-state index is 0.125. The average Bonchev–Trinajstić information content (AvgIpc) is 2.72. The Balaban J connectivity index is 2.45. The van der Waals surface area contributed by atoms with E-state index in [2.05, 4.69) is 19.1 Å². The lowest BCUT2D eigenvalue weighted by atomic mass is 9.97. The number of halogens is 2. The van der Waals surface area contributed by atoms with Crippen molar-refractivity contribution in [3.63, 3.8) is 0 Å². The molecule has 1 aromatic carbocycles. The first-order chi connectivity index (χ1) is 8.13. The van der Waals surface area contributed by atoms with Gasteiger partial charge in [0.25, 0.3) is 0 Å². The zero-order valence-electron chi connectivity index (χ0n) is 9.41. The van der Waals surface area contributed by atoms with Crippen LogP contribution in [0.15, 0.2) is 30.3 Å². The van der Waals surface area contributed by atoms with Crippen LogP contribution in [0.2, 0.25) is 10.0 Å². The summed E-state index contributed by atoms with van der Waals surface area (Å²) in [5, 5.41) is 1.19. The molecule has 2 aromatic rings. The second-order valence-electron chi connectivity index (χ2n) is 3.88. The fraction of sp³-hybridized carbons (Fsp3) is 0.231. The highest BCUT2D eigenvalue weighted by atomic mass is 35.5. The van der Waals surface area contributed by atoms with Crippen molar-refractivity contribution in [3.8, 4) is 0 Å². The van der Waals surface area contributed by atoms with Gasteiger partial charge in [-0.05, 0) is 30.7 Å². The van der Waals surface area contributed by atoms with Gasteiger partial charge < -0.3 is 5.73 Å². The Hall–Kier alpha value is -0.540. The monoisotopic (exact) mass is 285 g/mol. The highest BCUT2D eigenvalue weighted by Crippen LogP contribution is 2.36. The maximum absolute atomic E-state index is 6.24. The van der Waals surface area contributed by atoms with Crippen molar-refractivity contribution < 1.29 is 0 Å². The van der Waals surface area contributed by atoms with Crippen LogP contribution in [0, 0.1) is 6.92 Å². The number of rotatable bonds is 3. The molecule has 90 valence electrons. The second kappa shape index (κ2) is 5.40. The Morgan fingerprint density at radius 3 is 2.59 bits per heavy atom. The average molecular weight is 286 g/mol. The molecule has 0 radical (unpaired) electrons. The molecule has 0 aliphatic heterocycles. The molecule has 0 spiro atoms. The molecule has 0 saturated heterocycles. The molecular weight excluding hydrogens is 273 g/mol. The van der Waals surface area contributed by atoms with Gasteiger partial charge in [-0.1, -0.05) is 35.3 Å². The van der Waals surface area contributed by atoms with Crippen molar-refractivity contribution in [2.75, 3.05) is 6.54 Å². The Kier molecular flexibility index (Phi) is 4.10. The number of hydrogen-bond acceptors (Lipinski definition) is 2. The highest BCUT2D eigenvalue weighted by molar-refractivity contribution is 7.12. The van der Waals surface area contributed by atoms with Gasteiger partial charge >= 0.3 is 0 Å². The Labute approximate surface area is 115 Å². The van der Waals surface area contributed by atoms with Crippen LogP contribution in [0.3, 0.4) is 0 Å². The molecule has 0 fully saturated rings. The normalized spacial score (nSPS) is 12.7. The third-order valence-electron chi connectivity index (χ3n) is 2.70. The second-order valence-corrected chi connectivity index (χ2v) is 5.98. The summed E-state index contributed by atoms with van der Waals surface area (Å²) in [5.74, 6) is 0.125. The molecule has 0 saturated carbocycles. The molecule has 4 heteroatoms. The molecule has 1 unspecified atom stereocenters. The maximum atomic E-state index is 6.24. The predicted octanol–water partition coefficient (Wildman–Crippen LogP) is 4.45. The molecule has 1 nitrogen and oxygen atoms in total. The Morgan fingerprint density at radius 1 is 1.24 bits per heavy atom. The van der Waals surface area contributed by atoms with Crippen LogP contribution in [0.1, 0.15) is 21.2 Å². The van der Waals surface area contributed by atoms with Crippen LogP contribution in [0.25, 0.3) is 0 Å². The van der Waals surface area contributed by atoms with E-state index in [1.165, 1.54) is 9.75 Å². The number of thiophene rings is 1. The third kappa shape index (κ3) is 2.66. The van der Waals surface area contributed by atoms with Crippen LogP contribution in [-0.2, 0) is 0 Å². The van der Waals surface area contributed by atoms with Crippen LogP contribution < -0.4 is 5.73 Å². The topological polar surface area (TPSA) is 26.0 Å². The summed E-state index contributed by atoms with van der Waals surface area (Å²) < 4.78 is 0. The zero-order valence-corrected chi connectivity index (χ0v) is 11.7. The lowest BCUT2D eigenvalue weighted by Crippen LogP contribution is -2.13. The maximum Gasteiger partial charge on any atom is 0.0631 e. The predicted molar refractivity (Wildman–Crippen MR) is 76.4 cm³/mol. The van der Waals surface area contributed by atoms with Crippen LogP contribution >= 0.6 is 34.5 Å². The fourth-order valence-corrected chi connectivity index (χ4v) is 3.28. The van der Waals surface area contributed by atoms with Gasteiger partial charge in [-0.15, -0.1) is 11.3 Å². The summed E-state index contributed by atoms with van der Waals surface area (Å²) in [5.41, 5.74) is 6.87. The molecule has 1 aromatic heterocycles. The molecule has 1 atom stereocenters. The van der Waals surface area contributed by atoms with Gasteiger partial charge in [0.05, 0.1) is 10.0 Å². The van der Waals surface area contributed by atoms with E-state index in [-0.39, 0.29) is 5.92 Å². The van der Waals surface area contributed by atoms with Crippen LogP contribution in [0.5, 0.6) is 0 Å². The molecule has 2 N–H and O–H groups in total. The van der Waals surface area contributed by atoms with Gasteiger partial charge in [0.1, 0.15) is 0 Å². The first kappa shape index (κ1) is 12.9. The SMILES string of the molecule is Cc1ccc(C(CN)c2cccc(Cl)c2Cl)s1. The standard InChI is InChI=1S/C13H13Cl2NS/c1-8-5-6-12(17-8)10(7-16)9-3-2-4-11(14)13(9)15/h2-6,10H,7,16H2,1H3. The molecular formula is C13H13Cl2NS. The summed E-state index contributed by atoms with van der Waals surface area (Å²) in [4.78, 5) is 2.51. The largest absolute Gasteiger partial charge is 0.329 e. The summed E-state index contributed by atoms with van der Waals surface area (Å²) in [6.45, 7) is 2.61. The van der Waals surface area contributed by atoms with E-state index in [0.717, 1.165) is 5.56 Å². The van der Waals surface area contributed by atoms with Gasteiger partial charge in [0, 0.05) is 22.2 Å². The number of aryl methyl sites for hydroxylation is 1. The first-order valence-electron chi connectivity index (χ1n) is 5.33. The molecule has 0 amide bonds. The molecule has 2 rings (SSSR count). The Morgan fingerprint density at radius 2 is 2.00 bits per heavy atom. The fourth-order valence-electron chi connectivity index (χ4n) is 1.83. The molecule has 0 aliphatic carbocycles. The minimum absolute atomic E-state index is 0.125. The van der Waals surface area contributed by atoms with Gasteiger partial charge in [-0.3, -0.25) is 0 Å². The van der Waals surface area contributed by atoms with Gasteiger partial charge in [-0.25, -0.2) is 0 Å². The van der Waals surface area contributed by atoms with Crippen molar-refractivity contribution >= 4 is 34.5 Å². The van der Waals surface area contributed by atoms with E-state index in [1.807, 2.05) is 12.1 Å². The van der Waals surface area contributed by atoms with E-state index in [9.17, 15) is 0 Å². The van der Waals surface area contributed by atoms with E-state index < -0.39 is 0 Å². The van der Waals surface area contributed by atoms with Crippen LogP contribution in [0.4, 0.5) is 0 Å². The van der Waals surface area contributed by atoms with Crippen molar-refractivity contribution in [1.82, 2.24) is 0 Å². The quantitative estimate of drug-likeness (QED) is 0.886. The molecule has 0 aliphatic rings. The summed E-state index contributed by atoms with van der Waals surface area (Å²) >= 11 is 14.0. The third-order valence-corrected chi connectivity index (χ3v) is 4.65. The van der Waals surface area contributed by atoms with Gasteiger partial charge in [0.2, 0.25) is 0 Å². The van der Waals surface area contributed by atoms with E-state index >= 15 is 0 Å². The van der Waals surface area contributed by atoms with Crippen LogP contribution in [-0.4, -0.2) is 6.54 Å². The lowest BCUT2D eigenvalue weighted by molar-refractivity contribution is 0.836. The van der Waals surface area contributed by atoms with E-state index in [1.54, 1.807) is 17.4 Å². The smallest absolute Gasteiger partial charge is 0.0631 e. The molecule has 17 heavy (non-hydrogen) atoms. The number of nitrogens with two attached hydrogens (primary N) is 1. The lowest BCUT2D eigenvalue weighted by Gasteiger charge is -2.15. The summed E-state index contributed by atoms with van der Waals surface area (Å²) in [6, 6.07) is 9.89. The highest BCUT2D eigenvalue weighted by Gasteiger charge is 2.18. The van der Waals surface area contributed by atoms with Crippen molar-refractivity contribution in [1.29, 1.82) is 0 Å². The van der Waals surface area contributed by atoms with E-state index in [0.29, 0.717) is 16.6 Å². The number of benzene rings is 1.